The summed E-state index contributed by atoms with van der Waals surface area (Å²) >= 11 is 0. The van der Waals surface area contributed by atoms with E-state index in [0.29, 0.717) is 24.7 Å². The zero-order valence-corrected chi connectivity index (χ0v) is 12.2. The van der Waals surface area contributed by atoms with E-state index in [9.17, 15) is 10.2 Å². The number of hydrogen-bond donors (Lipinski definition) is 3. The number of hydrogen-bond acceptors (Lipinski definition) is 7. The fourth-order valence-corrected chi connectivity index (χ4v) is 3.15. The predicted octanol–water partition coefficient (Wildman–Crippen LogP) is 0.280. The molecule has 3 atom stereocenters. The number of aliphatic hydroxyl groups excluding tert-OH is 2. The van der Waals surface area contributed by atoms with Gasteiger partial charge in [0.25, 0.3) is 0 Å². The molecular weight excluding hydrogens is 288 g/mol. The molecule has 3 N–H and O–H groups in total. The van der Waals surface area contributed by atoms with Crippen LogP contribution in [0.25, 0.3) is 11.0 Å². The van der Waals surface area contributed by atoms with Crippen LogP contribution in [0.2, 0.25) is 0 Å². The molecule has 4 rings (SSSR count). The van der Waals surface area contributed by atoms with Crippen molar-refractivity contribution < 1.29 is 19.8 Å². The van der Waals surface area contributed by atoms with Gasteiger partial charge in [-0.15, -0.1) is 0 Å². The van der Waals surface area contributed by atoms with Crippen LogP contribution < -0.4 is 5.48 Å². The van der Waals surface area contributed by atoms with E-state index in [1.165, 1.54) is 0 Å². The monoisotopic (exact) mass is 306 g/mol. The van der Waals surface area contributed by atoms with E-state index in [1.807, 2.05) is 17.7 Å². The number of nitrogens with zero attached hydrogens (tertiary/aromatic N) is 3. The Bertz CT molecular complexity index is 716. The molecule has 0 aliphatic carbocycles. The number of ether oxygens (including phenoxy) is 1. The van der Waals surface area contributed by atoms with Gasteiger partial charge in [0.15, 0.2) is 5.82 Å². The van der Waals surface area contributed by atoms with E-state index < -0.39 is 12.2 Å². The fourth-order valence-electron chi connectivity index (χ4n) is 3.15. The highest BCUT2D eigenvalue weighted by molar-refractivity contribution is 5.91. The first kappa shape index (κ1) is 13.9. The molecule has 4 heterocycles. The maximum Gasteiger partial charge on any atom is 0.163 e. The van der Waals surface area contributed by atoms with E-state index in [2.05, 4.69) is 15.4 Å². The van der Waals surface area contributed by atoms with Crippen molar-refractivity contribution in [2.45, 2.75) is 38.2 Å². The Balaban J connectivity index is 1.84. The average molecular weight is 306 g/mol. The second kappa shape index (κ2) is 5.17. The molecule has 8 nitrogen and oxygen atoms in total. The maximum absolute atomic E-state index is 9.96. The van der Waals surface area contributed by atoms with E-state index in [0.717, 1.165) is 23.0 Å². The number of aromatic nitrogens is 3. The SMILES string of the molecule is Cc1nc2c3c(cn(C4CC(O)C(CO)O4)c3n1)CCON2. The summed E-state index contributed by atoms with van der Waals surface area (Å²) in [5, 5.41) is 20.1. The third-order valence-electron chi connectivity index (χ3n) is 4.20. The van der Waals surface area contributed by atoms with Crippen LogP contribution in [0, 0.1) is 6.92 Å². The summed E-state index contributed by atoms with van der Waals surface area (Å²) in [5.41, 5.74) is 4.71. The Morgan fingerprint density at radius 2 is 2.32 bits per heavy atom. The molecule has 118 valence electrons. The minimum absolute atomic E-state index is 0.196. The van der Waals surface area contributed by atoms with Crippen molar-refractivity contribution in [1.29, 1.82) is 0 Å². The number of nitrogens with one attached hydrogen (secondary N) is 1. The Hall–Kier alpha value is -1.74. The number of aryl methyl sites for hydroxylation is 1. The van der Waals surface area contributed by atoms with Gasteiger partial charge in [0, 0.05) is 19.0 Å². The van der Waals surface area contributed by atoms with Gasteiger partial charge < -0.3 is 19.5 Å². The molecule has 0 bridgehead atoms. The van der Waals surface area contributed by atoms with Crippen molar-refractivity contribution in [2.75, 3.05) is 18.7 Å². The quantitative estimate of drug-likeness (QED) is 0.732. The summed E-state index contributed by atoms with van der Waals surface area (Å²) in [4.78, 5) is 14.3. The van der Waals surface area contributed by atoms with Crippen LogP contribution in [0.5, 0.6) is 0 Å². The molecule has 0 amide bonds. The highest BCUT2D eigenvalue weighted by atomic mass is 16.6. The van der Waals surface area contributed by atoms with E-state index in [4.69, 9.17) is 9.57 Å². The number of rotatable bonds is 2. The van der Waals surface area contributed by atoms with Gasteiger partial charge in [-0.05, 0) is 12.5 Å². The van der Waals surface area contributed by atoms with Crippen molar-refractivity contribution in [2.24, 2.45) is 0 Å². The highest BCUT2D eigenvalue weighted by Crippen LogP contribution is 2.35. The fraction of sp³-hybridized carbons (Fsp3) is 0.571. The zero-order valence-electron chi connectivity index (χ0n) is 12.2. The van der Waals surface area contributed by atoms with Gasteiger partial charge in [-0.25, -0.2) is 15.4 Å². The first-order chi connectivity index (χ1) is 10.7. The van der Waals surface area contributed by atoms with Crippen LogP contribution in [0.3, 0.4) is 0 Å². The molecule has 2 aromatic heterocycles. The molecule has 1 fully saturated rings. The van der Waals surface area contributed by atoms with Crippen molar-refractivity contribution in [1.82, 2.24) is 14.5 Å². The van der Waals surface area contributed by atoms with Crippen LogP contribution in [-0.4, -0.2) is 50.2 Å². The molecule has 1 saturated heterocycles. The Morgan fingerprint density at radius 3 is 3.09 bits per heavy atom. The summed E-state index contributed by atoms with van der Waals surface area (Å²) in [5.74, 6) is 1.29. The van der Waals surface area contributed by atoms with E-state index in [-0.39, 0.29) is 12.8 Å². The van der Waals surface area contributed by atoms with Gasteiger partial charge in [-0.1, -0.05) is 0 Å². The van der Waals surface area contributed by atoms with Gasteiger partial charge >= 0.3 is 0 Å². The molecule has 22 heavy (non-hydrogen) atoms. The smallest absolute Gasteiger partial charge is 0.163 e. The molecule has 2 aliphatic heterocycles. The first-order valence-electron chi connectivity index (χ1n) is 7.37. The number of aliphatic hydroxyl groups is 2. The van der Waals surface area contributed by atoms with Crippen molar-refractivity contribution in [3.63, 3.8) is 0 Å². The summed E-state index contributed by atoms with van der Waals surface area (Å²) < 4.78 is 7.68. The Labute approximate surface area is 126 Å². The molecule has 2 aromatic rings. The lowest BCUT2D eigenvalue weighted by Gasteiger charge is -2.15. The molecule has 8 heteroatoms. The lowest BCUT2D eigenvalue weighted by atomic mass is 10.2. The number of anilines is 1. The minimum atomic E-state index is -0.673. The maximum atomic E-state index is 9.96. The molecule has 0 radical (unpaired) electrons. The second-order valence-corrected chi connectivity index (χ2v) is 5.69. The second-order valence-electron chi connectivity index (χ2n) is 5.69. The summed E-state index contributed by atoms with van der Waals surface area (Å²) in [6.07, 6.45) is 1.59. The van der Waals surface area contributed by atoms with Crippen molar-refractivity contribution in [3.8, 4) is 0 Å². The lowest BCUT2D eigenvalue weighted by Crippen LogP contribution is -2.24. The normalized spacial score (nSPS) is 27.9. The standard InChI is InChI=1S/C14H18N4O4/c1-7-15-13-12-8(2-3-21-17-13)5-18(14(12)16-7)11-4-9(20)10(6-19)22-11/h5,9-11,19-20H,2-4,6H2,1H3,(H,15,16,17). The average Bonchev–Trinajstić information content (AvgIpc) is 2.96. The zero-order chi connectivity index (χ0) is 15.3. The van der Waals surface area contributed by atoms with Crippen LogP contribution in [-0.2, 0) is 16.0 Å². The van der Waals surface area contributed by atoms with Crippen LogP contribution in [0.15, 0.2) is 6.20 Å². The molecule has 3 unspecified atom stereocenters. The van der Waals surface area contributed by atoms with E-state index >= 15 is 0 Å². The molecule has 0 aromatic carbocycles. The topological polar surface area (TPSA) is 102 Å². The van der Waals surface area contributed by atoms with E-state index in [1.54, 1.807) is 0 Å². The van der Waals surface area contributed by atoms with Gasteiger partial charge in [0.1, 0.15) is 23.8 Å². The molecule has 2 aliphatic rings. The van der Waals surface area contributed by atoms with Crippen molar-refractivity contribution in [3.05, 3.63) is 17.6 Å². The lowest BCUT2D eigenvalue weighted by molar-refractivity contribution is -0.0431. The van der Waals surface area contributed by atoms with Crippen LogP contribution in [0.1, 0.15) is 24.0 Å². The van der Waals surface area contributed by atoms with Gasteiger partial charge in [0.05, 0.1) is 24.7 Å². The van der Waals surface area contributed by atoms with Crippen LogP contribution in [0.4, 0.5) is 5.82 Å². The summed E-state index contributed by atoms with van der Waals surface area (Å²) in [7, 11) is 0. The Morgan fingerprint density at radius 1 is 1.45 bits per heavy atom. The molecular formula is C14H18N4O4. The largest absolute Gasteiger partial charge is 0.394 e. The van der Waals surface area contributed by atoms with Crippen molar-refractivity contribution >= 4 is 16.9 Å². The van der Waals surface area contributed by atoms with Crippen LogP contribution >= 0.6 is 0 Å². The molecule has 0 spiro atoms. The predicted molar refractivity (Wildman–Crippen MR) is 77.2 cm³/mol. The third-order valence-corrected chi connectivity index (χ3v) is 4.20. The summed E-state index contributed by atoms with van der Waals surface area (Å²) in [6.45, 7) is 2.17. The Kier molecular flexibility index (Phi) is 3.26. The first-order valence-corrected chi connectivity index (χ1v) is 7.37. The van der Waals surface area contributed by atoms with Gasteiger partial charge in [-0.2, -0.15) is 0 Å². The summed E-state index contributed by atoms with van der Waals surface area (Å²) in [6, 6.07) is 0. The third kappa shape index (κ3) is 2.07. The minimum Gasteiger partial charge on any atom is -0.394 e. The van der Waals surface area contributed by atoms with Gasteiger partial charge in [0.2, 0.25) is 0 Å². The molecule has 0 saturated carbocycles. The van der Waals surface area contributed by atoms with Gasteiger partial charge in [-0.3, -0.25) is 4.84 Å². The highest BCUT2D eigenvalue weighted by Gasteiger charge is 2.36.